The number of benzene rings is 9. The van der Waals surface area contributed by atoms with Crippen LogP contribution in [0.1, 0.15) is 53.6 Å². The van der Waals surface area contributed by atoms with Gasteiger partial charge < -0.3 is 9.32 Å². The van der Waals surface area contributed by atoms with Crippen molar-refractivity contribution in [1.82, 2.24) is 0 Å². The highest BCUT2D eigenvalue weighted by atomic mass is 16.3. The predicted molar refractivity (Wildman–Crippen MR) is 257 cm³/mol. The molecule has 1 atom stereocenters. The van der Waals surface area contributed by atoms with E-state index in [1.54, 1.807) is 0 Å². The molecule has 0 fully saturated rings. The van der Waals surface area contributed by atoms with Crippen LogP contribution >= 0.6 is 0 Å². The summed E-state index contributed by atoms with van der Waals surface area (Å²) in [6.45, 7) is 4.78. The zero-order valence-electron chi connectivity index (χ0n) is 34.8. The maximum atomic E-state index is 6.33. The van der Waals surface area contributed by atoms with Crippen LogP contribution in [0.2, 0.25) is 0 Å². The number of aryl methyl sites for hydroxylation is 1. The van der Waals surface area contributed by atoms with Crippen molar-refractivity contribution >= 4 is 39.0 Å². The fourth-order valence-electron chi connectivity index (χ4n) is 11.9. The van der Waals surface area contributed by atoms with Crippen LogP contribution in [0.3, 0.4) is 0 Å². The highest BCUT2D eigenvalue weighted by Gasteiger charge is 2.48. The maximum Gasteiger partial charge on any atom is 0.136 e. The first-order valence-electron chi connectivity index (χ1n) is 22.0. The van der Waals surface area contributed by atoms with Crippen molar-refractivity contribution in [3.8, 4) is 44.5 Å². The number of anilines is 3. The normalized spacial score (nSPS) is 16.3. The second-order valence-corrected chi connectivity index (χ2v) is 17.9. The van der Waals surface area contributed by atoms with Gasteiger partial charge in [0.25, 0.3) is 0 Å². The quantitative estimate of drug-likeness (QED) is 0.173. The van der Waals surface area contributed by atoms with Crippen LogP contribution in [0.4, 0.5) is 17.1 Å². The molecule has 3 aliphatic carbocycles. The van der Waals surface area contributed by atoms with Crippen molar-refractivity contribution in [3.63, 3.8) is 0 Å². The van der Waals surface area contributed by atoms with Gasteiger partial charge in [0.2, 0.25) is 0 Å². The standard InChI is InChI=1S/C60H43NO/c1-59(2)51-24-9-4-17-44(51)47-21-13-22-48(58(47)59)46-18-6-11-26-54(46)61(40-31-29-38(30-32-40)42-20-14-28-56-57(42)49-19-7-12-27-55(49)62-56)41-33-34-45-43-16-5-10-25-52(43)60(53(45)37-41)36-35-39-15-3-8-23-50(39)60/h3-34,37H,35-36H2,1-2H3. The van der Waals surface area contributed by atoms with E-state index in [1.807, 2.05) is 6.07 Å². The molecule has 0 aliphatic heterocycles. The summed E-state index contributed by atoms with van der Waals surface area (Å²) in [5.74, 6) is 0. The summed E-state index contributed by atoms with van der Waals surface area (Å²) in [6, 6.07) is 74.4. The first-order valence-corrected chi connectivity index (χ1v) is 22.0. The molecule has 13 rings (SSSR count). The van der Waals surface area contributed by atoms with Gasteiger partial charge >= 0.3 is 0 Å². The lowest BCUT2D eigenvalue weighted by Crippen LogP contribution is -2.24. The minimum absolute atomic E-state index is 0.165. The molecule has 1 unspecified atom stereocenters. The molecule has 3 aliphatic rings. The Hall–Kier alpha value is -7.42. The average Bonchev–Trinajstić information content (AvgIpc) is 4.05. The molecular weight excluding hydrogens is 751 g/mol. The zero-order chi connectivity index (χ0) is 41.2. The SMILES string of the molecule is CC1(C)c2ccccc2-c2cccc(-c3ccccc3N(c3ccc(-c4cccc5oc6ccccc6c45)cc3)c3ccc4c(c3)C3(CCc5ccccc53)c3ccccc3-4)c21. The molecule has 0 saturated heterocycles. The Morgan fingerprint density at radius 2 is 1.02 bits per heavy atom. The number of hydrogen-bond acceptors (Lipinski definition) is 2. The van der Waals surface area contributed by atoms with Crippen molar-refractivity contribution in [2.24, 2.45) is 0 Å². The largest absolute Gasteiger partial charge is 0.456 e. The molecule has 10 aromatic rings. The van der Waals surface area contributed by atoms with Crippen LogP contribution in [0, 0.1) is 0 Å². The zero-order valence-corrected chi connectivity index (χ0v) is 34.8. The molecule has 2 heteroatoms. The van der Waals surface area contributed by atoms with E-state index in [0.717, 1.165) is 57.4 Å². The molecule has 0 bridgehead atoms. The minimum Gasteiger partial charge on any atom is -0.456 e. The lowest BCUT2D eigenvalue weighted by molar-refractivity contribution is 0.626. The third-order valence-electron chi connectivity index (χ3n) is 14.5. The Morgan fingerprint density at radius 3 is 1.85 bits per heavy atom. The molecule has 2 nitrogen and oxygen atoms in total. The van der Waals surface area contributed by atoms with Gasteiger partial charge in [0.15, 0.2) is 0 Å². The van der Waals surface area contributed by atoms with Crippen molar-refractivity contribution < 1.29 is 4.42 Å². The minimum atomic E-state index is -0.199. The summed E-state index contributed by atoms with van der Waals surface area (Å²) >= 11 is 0. The molecule has 1 heterocycles. The molecule has 0 saturated carbocycles. The number of fused-ring (bicyclic) bond motifs is 13. The molecule has 62 heavy (non-hydrogen) atoms. The Kier molecular flexibility index (Phi) is 7.43. The van der Waals surface area contributed by atoms with Crippen molar-refractivity contribution in [3.05, 3.63) is 234 Å². The summed E-state index contributed by atoms with van der Waals surface area (Å²) in [7, 11) is 0. The Morgan fingerprint density at radius 1 is 0.435 bits per heavy atom. The van der Waals surface area contributed by atoms with Crippen molar-refractivity contribution in [2.75, 3.05) is 4.90 Å². The van der Waals surface area contributed by atoms with Gasteiger partial charge in [-0.25, -0.2) is 0 Å². The lowest BCUT2D eigenvalue weighted by atomic mass is 9.73. The number of para-hydroxylation sites is 2. The summed E-state index contributed by atoms with van der Waals surface area (Å²) < 4.78 is 6.33. The van der Waals surface area contributed by atoms with E-state index < -0.39 is 0 Å². The molecule has 9 aromatic carbocycles. The first kappa shape index (κ1) is 35.3. The summed E-state index contributed by atoms with van der Waals surface area (Å²) in [6.07, 6.45) is 2.13. The number of hydrogen-bond donors (Lipinski definition) is 0. The third kappa shape index (κ3) is 4.81. The summed E-state index contributed by atoms with van der Waals surface area (Å²) in [4.78, 5) is 2.51. The highest BCUT2D eigenvalue weighted by Crippen LogP contribution is 2.60. The fourth-order valence-corrected chi connectivity index (χ4v) is 11.9. The predicted octanol–water partition coefficient (Wildman–Crippen LogP) is 16.0. The van der Waals surface area contributed by atoms with E-state index >= 15 is 0 Å². The van der Waals surface area contributed by atoms with Crippen molar-refractivity contribution in [2.45, 2.75) is 37.5 Å². The van der Waals surface area contributed by atoms with Crippen LogP contribution in [-0.2, 0) is 17.3 Å². The average molecular weight is 794 g/mol. The van der Waals surface area contributed by atoms with E-state index in [9.17, 15) is 0 Å². The maximum absolute atomic E-state index is 6.33. The van der Waals surface area contributed by atoms with E-state index in [0.29, 0.717) is 0 Å². The Labute approximate surface area is 362 Å². The van der Waals surface area contributed by atoms with Crippen LogP contribution in [-0.4, -0.2) is 0 Å². The van der Waals surface area contributed by atoms with Crippen LogP contribution in [0.15, 0.2) is 205 Å². The van der Waals surface area contributed by atoms with Crippen LogP contribution < -0.4 is 4.90 Å². The number of rotatable bonds is 5. The van der Waals surface area contributed by atoms with Gasteiger partial charge in [-0.1, -0.05) is 172 Å². The van der Waals surface area contributed by atoms with Crippen LogP contribution in [0.25, 0.3) is 66.4 Å². The Bertz CT molecular complexity index is 3460. The van der Waals surface area contributed by atoms with E-state index in [2.05, 4.69) is 213 Å². The van der Waals surface area contributed by atoms with Gasteiger partial charge in [-0.15, -0.1) is 0 Å². The molecule has 294 valence electrons. The highest BCUT2D eigenvalue weighted by molar-refractivity contribution is 6.12. The molecular formula is C60H43NO. The molecule has 0 amide bonds. The lowest BCUT2D eigenvalue weighted by Gasteiger charge is -2.32. The van der Waals surface area contributed by atoms with Gasteiger partial charge in [-0.3, -0.25) is 0 Å². The molecule has 0 N–H and O–H groups in total. The molecule has 1 spiro atoms. The summed E-state index contributed by atoms with van der Waals surface area (Å²) in [5.41, 5.74) is 23.5. The van der Waals surface area contributed by atoms with Gasteiger partial charge in [0.1, 0.15) is 11.2 Å². The fraction of sp³-hybridized carbons (Fsp3) is 0.100. The monoisotopic (exact) mass is 793 g/mol. The van der Waals surface area contributed by atoms with E-state index in [1.165, 1.54) is 72.3 Å². The van der Waals surface area contributed by atoms with Gasteiger partial charge in [0.05, 0.1) is 5.69 Å². The molecule has 1 aromatic heterocycles. The van der Waals surface area contributed by atoms with Gasteiger partial charge in [-0.2, -0.15) is 0 Å². The Balaban J connectivity index is 1.03. The second-order valence-electron chi connectivity index (χ2n) is 17.9. The molecule has 0 radical (unpaired) electrons. The van der Waals surface area contributed by atoms with Crippen molar-refractivity contribution in [1.29, 1.82) is 0 Å². The second kappa shape index (κ2) is 13.0. The van der Waals surface area contributed by atoms with E-state index in [4.69, 9.17) is 4.42 Å². The topological polar surface area (TPSA) is 16.4 Å². The first-order chi connectivity index (χ1) is 30.5. The van der Waals surface area contributed by atoms with Gasteiger partial charge in [-0.05, 0) is 128 Å². The number of furan rings is 1. The van der Waals surface area contributed by atoms with E-state index in [-0.39, 0.29) is 10.8 Å². The number of nitrogens with zero attached hydrogens (tertiary/aromatic N) is 1. The summed E-state index contributed by atoms with van der Waals surface area (Å²) in [5, 5.41) is 2.29. The van der Waals surface area contributed by atoms with Gasteiger partial charge in [0, 0.05) is 38.5 Å². The third-order valence-corrected chi connectivity index (χ3v) is 14.5. The smallest absolute Gasteiger partial charge is 0.136 e. The van der Waals surface area contributed by atoms with Crippen LogP contribution in [0.5, 0.6) is 0 Å².